The molecule has 2 heterocycles. The van der Waals surface area contributed by atoms with Crippen LogP contribution in [0.1, 0.15) is 37.2 Å². The van der Waals surface area contributed by atoms with Gasteiger partial charge in [0.05, 0.1) is 7.11 Å². The Kier molecular flexibility index (Phi) is 2.79. The summed E-state index contributed by atoms with van der Waals surface area (Å²) in [5, 5.41) is 3.62. The number of hydrogen-bond donors (Lipinski definition) is 1. The minimum Gasteiger partial charge on any atom is -0.496 e. The van der Waals surface area contributed by atoms with E-state index in [9.17, 15) is 4.39 Å². The van der Waals surface area contributed by atoms with Crippen LogP contribution in [0.25, 0.3) is 0 Å². The lowest BCUT2D eigenvalue weighted by molar-refractivity contribution is 0.347. The van der Waals surface area contributed by atoms with Gasteiger partial charge in [-0.1, -0.05) is 6.07 Å². The first-order valence-corrected chi connectivity index (χ1v) is 6.35. The molecule has 2 aliphatic rings. The number of fused-ring (bicyclic) bond motifs is 2. The molecule has 2 fully saturated rings. The summed E-state index contributed by atoms with van der Waals surface area (Å²) in [6, 6.07) is 6.23. The highest BCUT2D eigenvalue weighted by atomic mass is 19.1. The van der Waals surface area contributed by atoms with Crippen LogP contribution in [0.5, 0.6) is 5.75 Å². The molecule has 2 nitrogen and oxygen atoms in total. The molecule has 2 unspecified atom stereocenters. The van der Waals surface area contributed by atoms with Crippen LogP contribution >= 0.6 is 0 Å². The topological polar surface area (TPSA) is 21.3 Å². The Balaban J connectivity index is 1.88. The summed E-state index contributed by atoms with van der Waals surface area (Å²) in [5.41, 5.74) is 1.17. The highest BCUT2D eigenvalue weighted by Crippen LogP contribution is 2.40. The molecule has 0 aromatic heterocycles. The third-order valence-corrected chi connectivity index (χ3v) is 4.11. The summed E-state index contributed by atoms with van der Waals surface area (Å²) >= 11 is 0. The second kappa shape index (κ2) is 4.30. The van der Waals surface area contributed by atoms with Crippen LogP contribution in [0.4, 0.5) is 4.39 Å². The first kappa shape index (κ1) is 11.0. The molecule has 2 atom stereocenters. The summed E-state index contributed by atoms with van der Waals surface area (Å²) in [7, 11) is 1.62. The van der Waals surface area contributed by atoms with Crippen molar-refractivity contribution in [1.82, 2.24) is 5.32 Å². The van der Waals surface area contributed by atoms with Gasteiger partial charge in [0.15, 0.2) is 0 Å². The molecule has 0 amide bonds. The second-order valence-corrected chi connectivity index (χ2v) is 5.19. The molecule has 2 saturated heterocycles. The quantitative estimate of drug-likeness (QED) is 0.851. The molecule has 17 heavy (non-hydrogen) atoms. The lowest BCUT2D eigenvalue weighted by Gasteiger charge is -2.30. The third-order valence-electron chi connectivity index (χ3n) is 4.11. The number of halogens is 1. The van der Waals surface area contributed by atoms with E-state index in [0.29, 0.717) is 23.8 Å². The van der Waals surface area contributed by atoms with E-state index in [1.807, 2.05) is 6.07 Å². The molecule has 92 valence electrons. The molecule has 0 spiro atoms. The molecule has 1 N–H and O–H groups in total. The van der Waals surface area contributed by atoms with Crippen molar-refractivity contribution in [3.8, 4) is 5.75 Å². The van der Waals surface area contributed by atoms with Crippen LogP contribution < -0.4 is 10.1 Å². The predicted octanol–water partition coefficient (Wildman–Crippen LogP) is 2.83. The zero-order chi connectivity index (χ0) is 11.8. The number of nitrogens with one attached hydrogen (secondary N) is 1. The number of ether oxygens (including phenoxy) is 1. The molecule has 0 radical (unpaired) electrons. The molecule has 2 bridgehead atoms. The summed E-state index contributed by atoms with van der Waals surface area (Å²) in [5.74, 6) is 1.00. The molecule has 1 aromatic rings. The van der Waals surface area contributed by atoms with Crippen LogP contribution in [-0.2, 0) is 0 Å². The van der Waals surface area contributed by atoms with Gasteiger partial charge in [-0.2, -0.15) is 0 Å². The second-order valence-electron chi connectivity index (χ2n) is 5.19. The zero-order valence-corrected chi connectivity index (χ0v) is 10.1. The molecule has 0 aliphatic carbocycles. The maximum Gasteiger partial charge on any atom is 0.126 e. The Morgan fingerprint density at radius 2 is 1.94 bits per heavy atom. The molecular weight excluding hydrogens is 217 g/mol. The minimum absolute atomic E-state index is 0.220. The number of methoxy groups -OCH3 is 1. The van der Waals surface area contributed by atoms with Gasteiger partial charge in [0, 0.05) is 18.2 Å². The Hall–Kier alpha value is -1.09. The average molecular weight is 235 g/mol. The fourth-order valence-electron chi connectivity index (χ4n) is 3.33. The molecule has 0 saturated carbocycles. The van der Waals surface area contributed by atoms with Crippen LogP contribution in [0.2, 0.25) is 0 Å². The van der Waals surface area contributed by atoms with Gasteiger partial charge < -0.3 is 10.1 Å². The lowest BCUT2D eigenvalue weighted by Crippen LogP contribution is -2.37. The van der Waals surface area contributed by atoms with Crippen molar-refractivity contribution in [2.24, 2.45) is 0 Å². The van der Waals surface area contributed by atoms with Gasteiger partial charge in [-0.3, -0.25) is 0 Å². The fourth-order valence-corrected chi connectivity index (χ4v) is 3.33. The van der Waals surface area contributed by atoms with E-state index in [0.717, 1.165) is 12.8 Å². The Morgan fingerprint density at radius 3 is 2.59 bits per heavy atom. The van der Waals surface area contributed by atoms with E-state index in [4.69, 9.17) is 4.74 Å². The van der Waals surface area contributed by atoms with Crippen LogP contribution in [0.15, 0.2) is 18.2 Å². The first-order valence-electron chi connectivity index (χ1n) is 6.35. The van der Waals surface area contributed by atoms with Gasteiger partial charge in [-0.15, -0.1) is 0 Å². The van der Waals surface area contributed by atoms with Crippen LogP contribution in [0.3, 0.4) is 0 Å². The number of benzene rings is 1. The maximum atomic E-state index is 13.2. The van der Waals surface area contributed by atoms with Gasteiger partial charge in [-0.05, 0) is 43.2 Å². The van der Waals surface area contributed by atoms with E-state index in [1.54, 1.807) is 13.2 Å². The SMILES string of the molecule is COc1cc(F)ccc1C1CC2CCC(C1)N2. The van der Waals surface area contributed by atoms with Crippen LogP contribution in [-0.4, -0.2) is 19.2 Å². The zero-order valence-electron chi connectivity index (χ0n) is 10.1. The van der Waals surface area contributed by atoms with Crippen molar-refractivity contribution in [2.75, 3.05) is 7.11 Å². The molecule has 3 heteroatoms. The highest BCUT2D eigenvalue weighted by molar-refractivity contribution is 5.37. The lowest BCUT2D eigenvalue weighted by atomic mass is 9.86. The van der Waals surface area contributed by atoms with Crippen LogP contribution in [0, 0.1) is 5.82 Å². The van der Waals surface area contributed by atoms with Gasteiger partial charge in [0.25, 0.3) is 0 Å². The normalized spacial score (nSPS) is 31.5. The fraction of sp³-hybridized carbons (Fsp3) is 0.571. The summed E-state index contributed by atoms with van der Waals surface area (Å²) < 4.78 is 18.5. The maximum absolute atomic E-state index is 13.2. The van der Waals surface area contributed by atoms with Gasteiger partial charge in [-0.25, -0.2) is 4.39 Å². The van der Waals surface area contributed by atoms with E-state index in [-0.39, 0.29) is 5.82 Å². The molecule has 2 aliphatic heterocycles. The Bertz CT molecular complexity index is 409. The van der Waals surface area contributed by atoms with Crippen molar-refractivity contribution in [2.45, 2.75) is 43.7 Å². The number of piperidine rings is 1. The summed E-state index contributed by atoms with van der Waals surface area (Å²) in [6.07, 6.45) is 4.87. The van der Waals surface area contributed by atoms with Gasteiger partial charge in [0.1, 0.15) is 11.6 Å². The largest absolute Gasteiger partial charge is 0.496 e. The third kappa shape index (κ3) is 2.04. The van der Waals surface area contributed by atoms with Crippen molar-refractivity contribution < 1.29 is 9.13 Å². The van der Waals surface area contributed by atoms with Crippen molar-refractivity contribution in [1.29, 1.82) is 0 Å². The molecule has 1 aromatic carbocycles. The van der Waals surface area contributed by atoms with E-state index >= 15 is 0 Å². The minimum atomic E-state index is -0.220. The monoisotopic (exact) mass is 235 g/mol. The van der Waals surface area contributed by atoms with Crippen molar-refractivity contribution in [3.05, 3.63) is 29.6 Å². The summed E-state index contributed by atoms with van der Waals surface area (Å²) in [6.45, 7) is 0. The highest BCUT2D eigenvalue weighted by Gasteiger charge is 2.35. The molecular formula is C14H18FNO. The predicted molar refractivity (Wildman–Crippen MR) is 64.9 cm³/mol. The van der Waals surface area contributed by atoms with Crippen molar-refractivity contribution >= 4 is 0 Å². The standard InChI is InChI=1S/C14H18FNO/c1-17-14-8-10(15)2-5-13(14)9-6-11-3-4-12(7-9)16-11/h2,5,8-9,11-12,16H,3-4,6-7H2,1H3. The van der Waals surface area contributed by atoms with E-state index < -0.39 is 0 Å². The number of rotatable bonds is 2. The van der Waals surface area contributed by atoms with Gasteiger partial charge in [0.2, 0.25) is 0 Å². The van der Waals surface area contributed by atoms with E-state index in [2.05, 4.69) is 5.32 Å². The van der Waals surface area contributed by atoms with Crippen molar-refractivity contribution in [3.63, 3.8) is 0 Å². The first-order chi connectivity index (χ1) is 8.26. The van der Waals surface area contributed by atoms with E-state index in [1.165, 1.54) is 24.5 Å². The average Bonchev–Trinajstić information content (AvgIpc) is 2.68. The summed E-state index contributed by atoms with van der Waals surface area (Å²) in [4.78, 5) is 0. The van der Waals surface area contributed by atoms with Gasteiger partial charge >= 0.3 is 0 Å². The smallest absolute Gasteiger partial charge is 0.126 e. The number of hydrogen-bond acceptors (Lipinski definition) is 2. The molecule has 3 rings (SSSR count). The Labute approximate surface area is 101 Å². The Morgan fingerprint density at radius 1 is 1.24 bits per heavy atom.